The second kappa shape index (κ2) is 8.88. The molecule has 106 valence electrons. The zero-order valence-electron chi connectivity index (χ0n) is 11.4. The summed E-state index contributed by atoms with van der Waals surface area (Å²) < 4.78 is 4.75. The van der Waals surface area contributed by atoms with E-state index >= 15 is 0 Å². The third-order valence-corrected chi connectivity index (χ3v) is 2.18. The summed E-state index contributed by atoms with van der Waals surface area (Å²) in [5.74, 6) is -0.535. The lowest BCUT2D eigenvalue weighted by atomic mass is 10.1. The van der Waals surface area contributed by atoms with Crippen LogP contribution >= 0.6 is 0 Å². The molecule has 1 amide bonds. The third-order valence-electron chi connectivity index (χ3n) is 2.18. The molecule has 18 heavy (non-hydrogen) atoms. The maximum atomic E-state index is 11.2. The van der Waals surface area contributed by atoms with Crippen LogP contribution in [-0.2, 0) is 14.3 Å². The van der Waals surface area contributed by atoms with Gasteiger partial charge in [-0.15, -0.1) is 0 Å². The van der Waals surface area contributed by atoms with Crippen molar-refractivity contribution in [1.82, 2.24) is 4.90 Å². The van der Waals surface area contributed by atoms with Gasteiger partial charge in [0.25, 0.3) is 0 Å². The predicted octanol–water partition coefficient (Wildman–Crippen LogP) is -0.256. The van der Waals surface area contributed by atoms with Crippen LogP contribution in [-0.4, -0.2) is 54.2 Å². The molecule has 0 saturated carbocycles. The second-order valence-electron chi connectivity index (χ2n) is 4.72. The van der Waals surface area contributed by atoms with Crippen molar-refractivity contribution >= 4 is 11.9 Å². The SMILES string of the molecule is CCOC(=O)CC(O)CN(CC(N)=O)CC(C)C. The molecular formula is C12H24N2O4. The number of hydrogen-bond donors (Lipinski definition) is 2. The van der Waals surface area contributed by atoms with E-state index in [1.54, 1.807) is 11.8 Å². The molecule has 1 unspecified atom stereocenters. The summed E-state index contributed by atoms with van der Waals surface area (Å²) in [4.78, 5) is 23.8. The zero-order valence-corrected chi connectivity index (χ0v) is 11.4. The summed E-state index contributed by atoms with van der Waals surface area (Å²) in [6.45, 7) is 6.98. The highest BCUT2D eigenvalue weighted by Crippen LogP contribution is 2.03. The average Bonchev–Trinajstić information content (AvgIpc) is 2.14. The summed E-state index contributed by atoms with van der Waals surface area (Å²) >= 11 is 0. The number of primary amides is 1. The van der Waals surface area contributed by atoms with Gasteiger partial charge in [0, 0.05) is 13.1 Å². The molecule has 3 N–H and O–H groups in total. The van der Waals surface area contributed by atoms with Crippen LogP contribution in [0.1, 0.15) is 27.2 Å². The number of amides is 1. The van der Waals surface area contributed by atoms with Crippen LogP contribution in [0, 0.1) is 5.92 Å². The van der Waals surface area contributed by atoms with Gasteiger partial charge in [0.2, 0.25) is 5.91 Å². The Kier molecular flexibility index (Phi) is 8.32. The van der Waals surface area contributed by atoms with Crippen LogP contribution in [0.2, 0.25) is 0 Å². The Morgan fingerprint density at radius 1 is 1.33 bits per heavy atom. The number of aliphatic hydroxyl groups is 1. The molecule has 0 rings (SSSR count). The quantitative estimate of drug-likeness (QED) is 0.557. The topological polar surface area (TPSA) is 92.9 Å². The first kappa shape index (κ1) is 16.9. The van der Waals surface area contributed by atoms with Crippen LogP contribution in [0.3, 0.4) is 0 Å². The zero-order chi connectivity index (χ0) is 14.1. The van der Waals surface area contributed by atoms with E-state index in [-0.39, 0.29) is 19.5 Å². The predicted molar refractivity (Wildman–Crippen MR) is 67.7 cm³/mol. The van der Waals surface area contributed by atoms with Gasteiger partial charge in [0.15, 0.2) is 0 Å². The minimum atomic E-state index is -0.845. The van der Waals surface area contributed by atoms with Crippen molar-refractivity contribution in [2.24, 2.45) is 11.7 Å². The van der Waals surface area contributed by atoms with Gasteiger partial charge in [-0.1, -0.05) is 13.8 Å². The highest BCUT2D eigenvalue weighted by molar-refractivity contribution is 5.76. The highest BCUT2D eigenvalue weighted by atomic mass is 16.5. The van der Waals surface area contributed by atoms with Crippen molar-refractivity contribution in [1.29, 1.82) is 0 Å². The van der Waals surface area contributed by atoms with Crippen LogP contribution < -0.4 is 5.73 Å². The molecule has 0 spiro atoms. The van der Waals surface area contributed by atoms with Gasteiger partial charge in [-0.25, -0.2) is 0 Å². The van der Waals surface area contributed by atoms with Gasteiger partial charge in [0.1, 0.15) is 0 Å². The van der Waals surface area contributed by atoms with E-state index in [0.29, 0.717) is 19.1 Å². The molecule has 0 aromatic rings. The Balaban J connectivity index is 4.20. The van der Waals surface area contributed by atoms with Gasteiger partial charge in [-0.3, -0.25) is 14.5 Å². The average molecular weight is 260 g/mol. The van der Waals surface area contributed by atoms with Crippen molar-refractivity contribution in [3.63, 3.8) is 0 Å². The van der Waals surface area contributed by atoms with Crippen molar-refractivity contribution in [3.8, 4) is 0 Å². The molecule has 0 radical (unpaired) electrons. The van der Waals surface area contributed by atoms with Gasteiger partial charge < -0.3 is 15.6 Å². The largest absolute Gasteiger partial charge is 0.466 e. The minimum absolute atomic E-state index is 0.0683. The van der Waals surface area contributed by atoms with E-state index in [1.807, 2.05) is 13.8 Å². The summed E-state index contributed by atoms with van der Waals surface area (Å²) in [6.07, 6.45) is -0.913. The third kappa shape index (κ3) is 8.95. The Labute approximate surface area is 108 Å². The maximum Gasteiger partial charge on any atom is 0.308 e. The first-order chi connectivity index (χ1) is 8.35. The van der Waals surface area contributed by atoms with E-state index < -0.39 is 18.0 Å². The van der Waals surface area contributed by atoms with Crippen molar-refractivity contribution in [2.45, 2.75) is 33.3 Å². The Morgan fingerprint density at radius 2 is 1.94 bits per heavy atom. The Morgan fingerprint density at radius 3 is 2.39 bits per heavy atom. The lowest BCUT2D eigenvalue weighted by Gasteiger charge is -2.25. The highest BCUT2D eigenvalue weighted by Gasteiger charge is 2.18. The molecule has 0 aliphatic rings. The minimum Gasteiger partial charge on any atom is -0.466 e. The van der Waals surface area contributed by atoms with Crippen molar-refractivity contribution in [3.05, 3.63) is 0 Å². The first-order valence-corrected chi connectivity index (χ1v) is 6.19. The molecule has 0 saturated heterocycles. The molecule has 0 heterocycles. The molecule has 0 aliphatic heterocycles. The number of nitrogens with zero attached hydrogens (tertiary/aromatic N) is 1. The number of carbonyl (C=O) groups is 2. The lowest BCUT2D eigenvalue weighted by molar-refractivity contribution is -0.145. The molecule has 0 aromatic carbocycles. The number of carbonyl (C=O) groups excluding carboxylic acids is 2. The van der Waals surface area contributed by atoms with Gasteiger partial charge in [0.05, 0.1) is 25.7 Å². The van der Waals surface area contributed by atoms with E-state index in [0.717, 1.165) is 0 Å². The van der Waals surface area contributed by atoms with Gasteiger partial charge >= 0.3 is 5.97 Å². The smallest absolute Gasteiger partial charge is 0.308 e. The fraction of sp³-hybridized carbons (Fsp3) is 0.833. The number of aliphatic hydroxyl groups excluding tert-OH is 1. The summed E-state index contributed by atoms with van der Waals surface area (Å²) in [6, 6.07) is 0. The fourth-order valence-electron chi connectivity index (χ4n) is 1.72. The molecule has 0 aliphatic carbocycles. The molecule has 1 atom stereocenters. The molecular weight excluding hydrogens is 236 g/mol. The molecule has 6 nitrogen and oxygen atoms in total. The summed E-state index contributed by atoms with van der Waals surface area (Å²) in [7, 11) is 0. The van der Waals surface area contributed by atoms with E-state index in [1.165, 1.54) is 0 Å². The number of esters is 1. The van der Waals surface area contributed by atoms with Crippen LogP contribution in [0.25, 0.3) is 0 Å². The molecule has 6 heteroatoms. The van der Waals surface area contributed by atoms with E-state index in [4.69, 9.17) is 10.5 Å². The first-order valence-electron chi connectivity index (χ1n) is 6.19. The van der Waals surface area contributed by atoms with E-state index in [2.05, 4.69) is 0 Å². The fourth-order valence-corrected chi connectivity index (χ4v) is 1.72. The summed E-state index contributed by atoms with van der Waals surface area (Å²) in [5, 5.41) is 9.75. The van der Waals surface area contributed by atoms with Crippen molar-refractivity contribution < 1.29 is 19.4 Å². The normalized spacial score (nSPS) is 12.8. The molecule has 0 aromatic heterocycles. The van der Waals surface area contributed by atoms with Crippen LogP contribution in [0.4, 0.5) is 0 Å². The van der Waals surface area contributed by atoms with Gasteiger partial charge in [-0.2, -0.15) is 0 Å². The van der Waals surface area contributed by atoms with Crippen LogP contribution in [0.15, 0.2) is 0 Å². The van der Waals surface area contributed by atoms with Crippen molar-refractivity contribution in [2.75, 3.05) is 26.2 Å². The number of hydrogen-bond acceptors (Lipinski definition) is 5. The van der Waals surface area contributed by atoms with E-state index in [9.17, 15) is 14.7 Å². The molecule has 0 bridgehead atoms. The number of ether oxygens (including phenoxy) is 1. The van der Waals surface area contributed by atoms with Gasteiger partial charge in [-0.05, 0) is 12.8 Å². The van der Waals surface area contributed by atoms with Crippen LogP contribution in [0.5, 0.6) is 0 Å². The monoisotopic (exact) mass is 260 g/mol. The second-order valence-corrected chi connectivity index (χ2v) is 4.72. The summed E-state index contributed by atoms with van der Waals surface area (Å²) in [5.41, 5.74) is 5.14. The maximum absolute atomic E-state index is 11.2. The number of rotatable bonds is 9. The number of nitrogens with two attached hydrogens (primary N) is 1. The lowest BCUT2D eigenvalue weighted by Crippen LogP contribution is -2.41. The Hall–Kier alpha value is -1.14. The molecule has 0 fully saturated rings. The standard InChI is InChI=1S/C12H24N2O4/c1-4-18-12(17)5-10(15)7-14(6-9(2)3)8-11(13)16/h9-10,15H,4-8H2,1-3H3,(H2,13,16). The Bertz CT molecular complexity index is 269.